The van der Waals surface area contributed by atoms with Gasteiger partial charge in [0.25, 0.3) is 5.91 Å². The molecule has 112 valence electrons. The van der Waals surface area contributed by atoms with Crippen LogP contribution >= 0.6 is 0 Å². The van der Waals surface area contributed by atoms with Crippen LogP contribution in [0.3, 0.4) is 0 Å². The number of hydrogen-bond acceptors (Lipinski definition) is 4. The van der Waals surface area contributed by atoms with Gasteiger partial charge in [0.15, 0.2) is 0 Å². The van der Waals surface area contributed by atoms with Crippen molar-refractivity contribution in [3.63, 3.8) is 0 Å². The summed E-state index contributed by atoms with van der Waals surface area (Å²) in [6.45, 7) is 5.48. The number of hydrogen-bond donors (Lipinski definition) is 1. The highest BCUT2D eigenvalue weighted by Gasteiger charge is 2.50. The molecule has 1 atom stereocenters. The Bertz CT molecular complexity index is 423. The molecule has 3 heterocycles. The summed E-state index contributed by atoms with van der Waals surface area (Å²) in [5, 5.41) is 2.75. The summed E-state index contributed by atoms with van der Waals surface area (Å²) in [5.41, 5.74) is -1.01. The Morgan fingerprint density at radius 3 is 2.50 bits per heavy atom. The van der Waals surface area contributed by atoms with Crippen LogP contribution in [0.2, 0.25) is 0 Å². The van der Waals surface area contributed by atoms with Crippen LogP contribution in [0.25, 0.3) is 0 Å². The maximum atomic E-state index is 12.4. The molecule has 0 aromatic carbocycles. The van der Waals surface area contributed by atoms with Gasteiger partial charge in [0.2, 0.25) is 0 Å². The van der Waals surface area contributed by atoms with Gasteiger partial charge in [-0.3, -0.25) is 9.69 Å². The summed E-state index contributed by atoms with van der Waals surface area (Å²) in [4.78, 5) is 25.9. The molecule has 1 N–H and O–H groups in total. The Balaban J connectivity index is 1.77. The lowest BCUT2D eigenvalue weighted by molar-refractivity contribution is -0.154. The maximum absolute atomic E-state index is 12.4. The van der Waals surface area contributed by atoms with Gasteiger partial charge in [0.1, 0.15) is 5.54 Å². The van der Waals surface area contributed by atoms with Crippen LogP contribution in [0, 0.1) is 0 Å². The third-order valence-corrected chi connectivity index (χ3v) is 4.63. The largest absolute Gasteiger partial charge is 0.381 e. The number of ether oxygens (including phenoxy) is 2. The molecule has 20 heavy (non-hydrogen) atoms. The van der Waals surface area contributed by atoms with E-state index >= 15 is 0 Å². The van der Waals surface area contributed by atoms with Gasteiger partial charge >= 0.3 is 6.03 Å². The molecule has 3 aliphatic heterocycles. The first kappa shape index (κ1) is 13.8. The van der Waals surface area contributed by atoms with Crippen LogP contribution in [0.15, 0.2) is 0 Å². The third-order valence-electron chi connectivity index (χ3n) is 4.63. The van der Waals surface area contributed by atoms with E-state index in [2.05, 4.69) is 5.32 Å². The second kappa shape index (κ2) is 4.70. The molecule has 0 aromatic rings. The van der Waals surface area contributed by atoms with Gasteiger partial charge in [0.05, 0.1) is 5.60 Å². The zero-order chi connectivity index (χ0) is 14.4. The number of imide groups is 1. The first-order valence-corrected chi connectivity index (χ1v) is 7.31. The zero-order valence-corrected chi connectivity index (χ0v) is 12.1. The quantitative estimate of drug-likeness (QED) is 0.730. The molecule has 3 aliphatic rings. The third kappa shape index (κ3) is 2.20. The molecule has 6 nitrogen and oxygen atoms in total. The molecule has 1 unspecified atom stereocenters. The number of amides is 3. The lowest BCUT2D eigenvalue weighted by Gasteiger charge is -2.44. The van der Waals surface area contributed by atoms with E-state index in [0.29, 0.717) is 19.8 Å². The summed E-state index contributed by atoms with van der Waals surface area (Å²) >= 11 is 0. The Kier molecular flexibility index (Phi) is 3.25. The molecule has 6 heteroatoms. The van der Waals surface area contributed by atoms with Gasteiger partial charge < -0.3 is 14.8 Å². The lowest BCUT2D eigenvalue weighted by Crippen LogP contribution is -2.53. The molecule has 0 saturated carbocycles. The van der Waals surface area contributed by atoms with Crippen LogP contribution in [0.5, 0.6) is 0 Å². The summed E-state index contributed by atoms with van der Waals surface area (Å²) in [7, 11) is 0. The summed E-state index contributed by atoms with van der Waals surface area (Å²) < 4.78 is 11.4. The Morgan fingerprint density at radius 2 is 1.90 bits per heavy atom. The second-order valence-electron chi connectivity index (χ2n) is 6.52. The number of nitrogens with one attached hydrogen (secondary N) is 1. The van der Waals surface area contributed by atoms with Crippen molar-refractivity contribution in [3.8, 4) is 0 Å². The van der Waals surface area contributed by atoms with Crippen molar-refractivity contribution in [1.29, 1.82) is 0 Å². The van der Waals surface area contributed by atoms with Crippen molar-refractivity contribution in [2.75, 3.05) is 19.8 Å². The zero-order valence-electron chi connectivity index (χ0n) is 12.1. The Morgan fingerprint density at radius 1 is 1.20 bits per heavy atom. The highest BCUT2D eigenvalue weighted by atomic mass is 16.5. The van der Waals surface area contributed by atoms with Crippen LogP contribution in [0.1, 0.15) is 39.5 Å². The SMILES string of the molecule is CC1(C)NC(=O)N(C2CCOC3(CCOCC3)C2)C1=O. The van der Waals surface area contributed by atoms with Crippen molar-refractivity contribution in [1.82, 2.24) is 10.2 Å². The van der Waals surface area contributed by atoms with Gasteiger partial charge in [-0.1, -0.05) is 0 Å². The monoisotopic (exact) mass is 282 g/mol. The normalized spacial score (nSPS) is 32.5. The molecule has 0 bridgehead atoms. The smallest absolute Gasteiger partial charge is 0.325 e. The van der Waals surface area contributed by atoms with Crippen molar-refractivity contribution < 1.29 is 19.1 Å². The minimum Gasteiger partial charge on any atom is -0.381 e. The molecule has 0 aliphatic carbocycles. The van der Waals surface area contributed by atoms with Gasteiger partial charge in [-0.15, -0.1) is 0 Å². The molecule has 3 fully saturated rings. The maximum Gasteiger partial charge on any atom is 0.325 e. The van der Waals surface area contributed by atoms with Crippen LogP contribution < -0.4 is 5.32 Å². The van der Waals surface area contributed by atoms with Crippen molar-refractivity contribution in [3.05, 3.63) is 0 Å². The fraction of sp³-hybridized carbons (Fsp3) is 0.857. The average Bonchev–Trinajstić information content (AvgIpc) is 2.59. The fourth-order valence-corrected chi connectivity index (χ4v) is 3.42. The van der Waals surface area contributed by atoms with Crippen LogP contribution in [0.4, 0.5) is 4.79 Å². The summed E-state index contributed by atoms with van der Waals surface area (Å²) in [6, 6.07) is -0.328. The fourth-order valence-electron chi connectivity index (χ4n) is 3.42. The van der Waals surface area contributed by atoms with Crippen molar-refractivity contribution in [2.24, 2.45) is 0 Å². The molecule has 3 amide bonds. The number of nitrogens with zero attached hydrogens (tertiary/aromatic N) is 1. The van der Waals surface area contributed by atoms with E-state index in [1.54, 1.807) is 13.8 Å². The van der Waals surface area contributed by atoms with E-state index in [1.165, 1.54) is 4.90 Å². The molecular weight excluding hydrogens is 260 g/mol. The standard InChI is InChI=1S/C14H22N2O4/c1-13(2)11(17)16(12(18)15-13)10-3-6-20-14(9-10)4-7-19-8-5-14/h10H,3-9H2,1-2H3,(H,15,18). The molecule has 1 spiro atoms. The van der Waals surface area contributed by atoms with E-state index in [4.69, 9.17) is 9.47 Å². The van der Waals surface area contributed by atoms with Gasteiger partial charge in [-0.2, -0.15) is 0 Å². The van der Waals surface area contributed by atoms with Gasteiger partial charge in [-0.25, -0.2) is 4.79 Å². The predicted molar refractivity (Wildman–Crippen MR) is 71.2 cm³/mol. The molecule has 3 saturated heterocycles. The Hall–Kier alpha value is -1.14. The number of urea groups is 1. The van der Waals surface area contributed by atoms with Crippen molar-refractivity contribution in [2.45, 2.75) is 56.7 Å². The van der Waals surface area contributed by atoms with Crippen LogP contribution in [-0.2, 0) is 14.3 Å². The van der Waals surface area contributed by atoms with E-state index in [9.17, 15) is 9.59 Å². The number of carbonyl (C=O) groups is 2. The predicted octanol–water partition coefficient (Wildman–Crippen LogP) is 1.04. The van der Waals surface area contributed by atoms with E-state index in [-0.39, 0.29) is 23.6 Å². The van der Waals surface area contributed by atoms with Gasteiger partial charge in [-0.05, 0) is 39.5 Å². The molecule has 3 rings (SSSR count). The van der Waals surface area contributed by atoms with Crippen LogP contribution in [-0.4, -0.2) is 53.8 Å². The highest BCUT2D eigenvalue weighted by molar-refractivity contribution is 6.06. The number of rotatable bonds is 1. The second-order valence-corrected chi connectivity index (χ2v) is 6.52. The van der Waals surface area contributed by atoms with Crippen molar-refractivity contribution >= 4 is 11.9 Å². The highest BCUT2D eigenvalue weighted by Crippen LogP contribution is 2.37. The summed E-state index contributed by atoms with van der Waals surface area (Å²) in [5.74, 6) is -0.128. The topological polar surface area (TPSA) is 67.9 Å². The first-order valence-electron chi connectivity index (χ1n) is 7.31. The summed E-state index contributed by atoms with van der Waals surface area (Å²) in [6.07, 6.45) is 3.14. The number of carbonyl (C=O) groups excluding carboxylic acids is 2. The average molecular weight is 282 g/mol. The molecular formula is C14H22N2O4. The minimum atomic E-state index is -0.793. The van der Waals surface area contributed by atoms with Gasteiger partial charge in [0, 0.05) is 25.9 Å². The minimum absolute atomic E-state index is 0.0591. The van der Waals surface area contributed by atoms with E-state index in [0.717, 1.165) is 25.7 Å². The Labute approximate surface area is 118 Å². The molecule has 0 radical (unpaired) electrons. The molecule has 0 aromatic heterocycles. The first-order chi connectivity index (χ1) is 9.44. The van der Waals surface area contributed by atoms with E-state index in [1.807, 2.05) is 0 Å². The van der Waals surface area contributed by atoms with E-state index < -0.39 is 5.54 Å². The lowest BCUT2D eigenvalue weighted by atomic mass is 9.83.